The number of carbonyl (C=O) groups is 4. The normalized spacial score (nSPS) is 15.7. The molecule has 0 aliphatic carbocycles. The van der Waals surface area contributed by atoms with Crippen molar-refractivity contribution in [1.82, 2.24) is 15.2 Å². The fourth-order valence-electron chi connectivity index (χ4n) is 7.76. The third-order valence-corrected chi connectivity index (χ3v) is 11.3. The topological polar surface area (TPSA) is 192 Å². The Morgan fingerprint density at radius 3 is 2.22 bits per heavy atom. The first-order valence-corrected chi connectivity index (χ1v) is 21.2. The van der Waals surface area contributed by atoms with Gasteiger partial charge in [-0.3, -0.25) is 14.4 Å². The van der Waals surface area contributed by atoms with Crippen molar-refractivity contribution in [3.63, 3.8) is 0 Å². The second kappa shape index (κ2) is 20.8. The molecule has 0 radical (unpaired) electrons. The number of likely N-dealkylation sites (tertiary alicyclic amines) is 1. The number of ether oxygens (including phenoxy) is 2. The summed E-state index contributed by atoms with van der Waals surface area (Å²) in [6.07, 6.45) is -0.558. The van der Waals surface area contributed by atoms with Crippen LogP contribution in [0.4, 0.5) is 10.5 Å². The molecule has 1 aromatic heterocycles. The molecule has 4 atom stereocenters. The number of benzene rings is 5. The van der Waals surface area contributed by atoms with Gasteiger partial charge in [-0.15, -0.1) is 0 Å². The van der Waals surface area contributed by atoms with Crippen LogP contribution >= 0.6 is 11.6 Å². The summed E-state index contributed by atoms with van der Waals surface area (Å²) in [6.45, 7) is 2.13. The van der Waals surface area contributed by atoms with Gasteiger partial charge in [0.15, 0.2) is 17.3 Å². The lowest BCUT2D eigenvalue weighted by Gasteiger charge is -2.29. The first-order valence-electron chi connectivity index (χ1n) is 20.8. The van der Waals surface area contributed by atoms with Crippen LogP contribution in [0.5, 0.6) is 0 Å². The zero-order valence-electron chi connectivity index (χ0n) is 34.8. The van der Waals surface area contributed by atoms with Crippen molar-refractivity contribution in [3.8, 4) is 0 Å². The van der Waals surface area contributed by atoms with Gasteiger partial charge in [0.1, 0.15) is 18.2 Å². The van der Waals surface area contributed by atoms with Crippen molar-refractivity contribution in [2.45, 2.75) is 70.4 Å². The molecular formula is C49H49ClN6O7. The second-order valence-electron chi connectivity index (χ2n) is 15.7. The van der Waals surface area contributed by atoms with E-state index >= 15 is 0 Å². The lowest BCUT2D eigenvalue weighted by molar-refractivity contribution is -0.139. The van der Waals surface area contributed by atoms with E-state index in [4.69, 9.17) is 37.0 Å². The van der Waals surface area contributed by atoms with Crippen molar-refractivity contribution in [1.29, 1.82) is 0 Å². The van der Waals surface area contributed by atoms with Gasteiger partial charge in [0, 0.05) is 30.3 Å². The third-order valence-electron chi connectivity index (χ3n) is 11.0. The second-order valence-corrected chi connectivity index (χ2v) is 16.1. The van der Waals surface area contributed by atoms with Gasteiger partial charge >= 0.3 is 6.09 Å². The first kappa shape index (κ1) is 44.2. The van der Waals surface area contributed by atoms with Gasteiger partial charge in [-0.25, -0.2) is 14.8 Å². The number of ketones is 2. The van der Waals surface area contributed by atoms with Crippen LogP contribution in [-0.2, 0) is 45.1 Å². The molecule has 6 aromatic rings. The third kappa shape index (κ3) is 12.0. The number of para-hydroxylation sites is 2. The van der Waals surface area contributed by atoms with Gasteiger partial charge in [0.2, 0.25) is 11.7 Å². The number of aryl methyl sites for hydroxylation is 2. The summed E-state index contributed by atoms with van der Waals surface area (Å²) < 4.78 is 17.8. The number of guanidine groups is 1. The van der Waals surface area contributed by atoms with Crippen LogP contribution < -0.4 is 16.8 Å². The Morgan fingerprint density at radius 2 is 1.52 bits per heavy atom. The van der Waals surface area contributed by atoms with Gasteiger partial charge in [-0.05, 0) is 84.3 Å². The zero-order valence-corrected chi connectivity index (χ0v) is 35.6. The highest BCUT2D eigenvalue weighted by Gasteiger charge is 2.43. The van der Waals surface area contributed by atoms with E-state index in [1.807, 2.05) is 85.8 Å². The zero-order chi connectivity index (χ0) is 44.3. The Bertz CT molecular complexity index is 2530. The van der Waals surface area contributed by atoms with Gasteiger partial charge in [0.05, 0.1) is 24.4 Å². The van der Waals surface area contributed by atoms with Crippen LogP contribution in [0.2, 0.25) is 5.02 Å². The number of Topliss-reactive ketones (excluding diaryl/α,β-unsaturated/α-hetero) is 2. The fraction of sp³-hybridized carbons (Fsp3) is 0.265. The molecule has 0 unspecified atom stereocenters. The summed E-state index contributed by atoms with van der Waals surface area (Å²) >= 11 is 6.13. The molecule has 0 bridgehead atoms. The van der Waals surface area contributed by atoms with Crippen LogP contribution in [-0.4, -0.2) is 64.1 Å². The van der Waals surface area contributed by atoms with Crippen molar-refractivity contribution < 1.29 is 33.1 Å². The first-order chi connectivity index (χ1) is 30.5. The number of aliphatic imine (C=N–C) groups is 1. The summed E-state index contributed by atoms with van der Waals surface area (Å²) in [7, 11) is 0. The minimum Gasteiger partial charge on any atom is -0.445 e. The van der Waals surface area contributed by atoms with E-state index in [1.165, 1.54) is 4.90 Å². The molecule has 63 heavy (non-hydrogen) atoms. The number of nitrogens with two attached hydrogens (primary N) is 2. The van der Waals surface area contributed by atoms with Crippen molar-refractivity contribution in [2.24, 2.45) is 22.4 Å². The van der Waals surface area contributed by atoms with E-state index in [0.29, 0.717) is 28.2 Å². The molecule has 13 nitrogen and oxygen atoms in total. The summed E-state index contributed by atoms with van der Waals surface area (Å²) in [5.41, 5.74) is 16.9. The number of alkyl carbamates (subject to hydrolysis) is 1. The molecule has 14 heteroatoms. The van der Waals surface area contributed by atoms with E-state index in [0.717, 1.165) is 27.8 Å². The van der Waals surface area contributed by atoms with Crippen molar-refractivity contribution in [2.75, 3.05) is 6.54 Å². The van der Waals surface area contributed by atoms with E-state index < -0.39 is 41.9 Å². The smallest absolute Gasteiger partial charge is 0.408 e. The molecular weight excluding hydrogens is 820 g/mol. The number of aromatic nitrogens is 1. The van der Waals surface area contributed by atoms with Crippen LogP contribution in [0.3, 0.4) is 0 Å². The molecule has 5 aromatic carbocycles. The maximum atomic E-state index is 14.8. The molecule has 324 valence electrons. The minimum atomic E-state index is -1.05. The SMILES string of the molecule is Cc1cc(C[C@H](CC(=O)[C@@H]2C[C@@H](OCc3ccc(Cl)cc3)CN2C(=O)[C@@H](CCc2ccccc2)NC(=O)OCc2ccccc2)C(=O)c2nc3ccccc3o2)ccc1N=C(N)N. The quantitative estimate of drug-likeness (QED) is 0.0436. The van der Waals surface area contributed by atoms with E-state index in [2.05, 4.69) is 15.3 Å². The van der Waals surface area contributed by atoms with Gasteiger partial charge in [0.25, 0.3) is 5.89 Å². The lowest BCUT2D eigenvalue weighted by Crippen LogP contribution is -2.52. The average Bonchev–Trinajstić information content (AvgIpc) is 3.93. The molecule has 0 saturated carbocycles. The largest absolute Gasteiger partial charge is 0.445 e. The highest BCUT2D eigenvalue weighted by molar-refractivity contribution is 6.30. The molecule has 7 rings (SSSR count). The number of amides is 2. The van der Waals surface area contributed by atoms with Gasteiger partial charge < -0.3 is 35.6 Å². The number of nitrogens with one attached hydrogen (secondary N) is 1. The monoisotopic (exact) mass is 868 g/mol. The summed E-state index contributed by atoms with van der Waals surface area (Å²) in [6, 6.07) is 36.5. The molecule has 1 saturated heterocycles. The van der Waals surface area contributed by atoms with E-state index in [-0.39, 0.29) is 63.1 Å². The maximum absolute atomic E-state index is 14.8. The van der Waals surface area contributed by atoms with Gasteiger partial charge in [-0.1, -0.05) is 109 Å². The highest BCUT2D eigenvalue weighted by atomic mass is 35.5. The lowest BCUT2D eigenvalue weighted by atomic mass is 9.87. The standard InChI is InChI=1S/C49H49ClN6O7/c1-31-24-35(19-22-39(31)54-48(51)52)25-36(45(58)46-53-40-14-8-9-15-44(40)63-46)26-43(57)42-27-38(61-29-34-16-20-37(50)21-17-34)28-56(42)47(59)41(23-18-32-10-4-2-5-11-32)55-49(60)62-30-33-12-6-3-7-13-33/h2-17,19-22,24,36,38,41-42H,18,23,25-30H2,1H3,(H,55,60)(H4,51,52,54)/t36-,38-,41-,42+/m1/s1. The molecule has 2 heterocycles. The summed E-state index contributed by atoms with van der Waals surface area (Å²) in [5.74, 6) is -2.41. The molecule has 1 aliphatic rings. The predicted octanol–water partition coefficient (Wildman–Crippen LogP) is 7.81. The molecule has 1 fully saturated rings. The van der Waals surface area contributed by atoms with E-state index in [9.17, 15) is 19.2 Å². The molecule has 2 amide bonds. The fourth-order valence-corrected chi connectivity index (χ4v) is 7.89. The Labute approximate surface area is 370 Å². The summed E-state index contributed by atoms with van der Waals surface area (Å²) in [5, 5.41) is 3.39. The van der Waals surface area contributed by atoms with Gasteiger partial charge in [-0.2, -0.15) is 0 Å². The molecule has 0 spiro atoms. The molecule has 5 N–H and O–H groups in total. The van der Waals surface area contributed by atoms with Crippen molar-refractivity contribution >= 4 is 57.9 Å². The minimum absolute atomic E-state index is 0.00372. The number of carbonyl (C=O) groups excluding carboxylic acids is 4. The van der Waals surface area contributed by atoms with Crippen LogP contribution in [0, 0.1) is 12.8 Å². The number of rotatable bonds is 18. The number of hydrogen-bond acceptors (Lipinski definition) is 9. The number of oxazole rings is 1. The number of fused-ring (bicyclic) bond motifs is 1. The Balaban J connectivity index is 1.17. The van der Waals surface area contributed by atoms with Crippen LogP contribution in [0.15, 0.2) is 137 Å². The number of nitrogens with zero attached hydrogens (tertiary/aromatic N) is 3. The van der Waals surface area contributed by atoms with Crippen molar-refractivity contribution in [3.05, 3.63) is 166 Å². The summed E-state index contributed by atoms with van der Waals surface area (Å²) in [4.78, 5) is 67.5. The Morgan fingerprint density at radius 1 is 0.857 bits per heavy atom. The number of halogens is 1. The average molecular weight is 869 g/mol. The van der Waals surface area contributed by atoms with Crippen LogP contribution in [0.25, 0.3) is 11.1 Å². The predicted molar refractivity (Wildman–Crippen MR) is 240 cm³/mol. The van der Waals surface area contributed by atoms with Crippen LogP contribution in [0.1, 0.15) is 57.8 Å². The Hall–Kier alpha value is -6.83. The number of hydrogen-bond donors (Lipinski definition) is 3. The maximum Gasteiger partial charge on any atom is 0.408 e. The highest BCUT2D eigenvalue weighted by Crippen LogP contribution is 2.30. The molecule has 1 aliphatic heterocycles. The Kier molecular flexibility index (Phi) is 14.6. The van der Waals surface area contributed by atoms with E-state index in [1.54, 1.807) is 48.5 Å².